The summed E-state index contributed by atoms with van der Waals surface area (Å²) in [6.07, 6.45) is 0.0282. The third-order valence-corrected chi connectivity index (χ3v) is 5.11. The van der Waals surface area contributed by atoms with E-state index in [9.17, 15) is 0 Å². The maximum Gasteiger partial charge on any atom is 0.159 e. The fourth-order valence-electron chi connectivity index (χ4n) is 3.76. The number of para-hydroxylation sites is 4. The van der Waals surface area contributed by atoms with Crippen molar-refractivity contribution in [2.24, 2.45) is 0 Å². The van der Waals surface area contributed by atoms with Gasteiger partial charge >= 0.3 is 0 Å². The van der Waals surface area contributed by atoms with Gasteiger partial charge < -0.3 is 24.9 Å². The molecule has 2 atom stereocenters. The van der Waals surface area contributed by atoms with Gasteiger partial charge in [0.2, 0.25) is 0 Å². The molecule has 0 fully saturated rings. The molecule has 0 spiro atoms. The van der Waals surface area contributed by atoms with E-state index in [1.54, 1.807) is 0 Å². The van der Waals surface area contributed by atoms with Gasteiger partial charge in [-0.15, -0.1) is 0 Å². The van der Waals surface area contributed by atoms with Crippen LogP contribution in [0.4, 0.5) is 22.7 Å². The minimum Gasteiger partial charge on any atom is -0.458 e. The topological polar surface area (TPSA) is 43.7 Å². The van der Waals surface area contributed by atoms with E-state index in [0.717, 1.165) is 22.9 Å². The lowest BCUT2D eigenvalue weighted by Crippen LogP contribution is -2.24. The Hall–Kier alpha value is -3.08. The summed E-state index contributed by atoms with van der Waals surface area (Å²) in [5.41, 5.74) is 4.65. The van der Waals surface area contributed by atoms with Crippen molar-refractivity contribution < 1.29 is 4.42 Å². The predicted molar refractivity (Wildman–Crippen MR) is 101 cm³/mol. The molecule has 5 rings (SSSR count). The standard InChI is InChI=1S/C20H20N4O/c1-23-15-9-5-3-7-13(15)21-19(23)17-11-12-18(25-17)20-22-14-8-4-6-10-16(14)24(20)2/h3-12,19-22H,1-2H3. The maximum atomic E-state index is 6.25. The second-order valence-corrected chi connectivity index (χ2v) is 6.59. The van der Waals surface area contributed by atoms with Gasteiger partial charge in [-0.25, -0.2) is 0 Å². The summed E-state index contributed by atoms with van der Waals surface area (Å²) < 4.78 is 6.25. The van der Waals surface area contributed by atoms with Crippen molar-refractivity contribution in [2.45, 2.75) is 12.3 Å². The summed E-state index contributed by atoms with van der Waals surface area (Å²) in [6.45, 7) is 0. The quantitative estimate of drug-likeness (QED) is 0.728. The smallest absolute Gasteiger partial charge is 0.159 e. The Morgan fingerprint density at radius 3 is 1.56 bits per heavy atom. The monoisotopic (exact) mass is 332 g/mol. The maximum absolute atomic E-state index is 6.25. The zero-order valence-corrected chi connectivity index (χ0v) is 14.2. The number of rotatable bonds is 2. The molecule has 0 saturated carbocycles. The molecule has 3 heterocycles. The lowest BCUT2D eigenvalue weighted by atomic mass is 10.3. The molecular weight excluding hydrogens is 312 g/mol. The molecule has 2 aromatic carbocycles. The van der Waals surface area contributed by atoms with Crippen molar-refractivity contribution >= 4 is 22.7 Å². The van der Waals surface area contributed by atoms with Gasteiger partial charge in [-0.2, -0.15) is 0 Å². The van der Waals surface area contributed by atoms with E-state index in [-0.39, 0.29) is 12.3 Å². The minimum absolute atomic E-state index is 0.0141. The molecule has 1 aromatic heterocycles. The average Bonchev–Trinajstić information content (AvgIpc) is 3.32. The van der Waals surface area contributed by atoms with Crippen molar-refractivity contribution in [3.8, 4) is 0 Å². The van der Waals surface area contributed by atoms with Crippen LogP contribution < -0.4 is 20.4 Å². The lowest BCUT2D eigenvalue weighted by molar-refractivity contribution is 0.426. The van der Waals surface area contributed by atoms with Crippen LogP contribution in [0.2, 0.25) is 0 Å². The first kappa shape index (κ1) is 14.3. The highest BCUT2D eigenvalue weighted by molar-refractivity contribution is 5.77. The van der Waals surface area contributed by atoms with Crippen molar-refractivity contribution in [1.29, 1.82) is 0 Å². The minimum atomic E-state index is 0.0141. The van der Waals surface area contributed by atoms with Gasteiger partial charge in [-0.3, -0.25) is 0 Å². The second kappa shape index (κ2) is 5.21. The zero-order chi connectivity index (χ0) is 17.0. The number of furan rings is 1. The van der Waals surface area contributed by atoms with Crippen LogP contribution in [0.5, 0.6) is 0 Å². The van der Waals surface area contributed by atoms with Crippen LogP contribution in [0.1, 0.15) is 23.9 Å². The first-order valence-corrected chi connectivity index (χ1v) is 8.49. The molecule has 0 amide bonds. The Bertz CT molecular complexity index is 861. The molecule has 2 aliphatic heterocycles. The van der Waals surface area contributed by atoms with Crippen LogP contribution >= 0.6 is 0 Å². The number of nitrogens with zero attached hydrogens (tertiary/aromatic N) is 2. The van der Waals surface area contributed by atoms with Gasteiger partial charge in [0.25, 0.3) is 0 Å². The predicted octanol–water partition coefficient (Wildman–Crippen LogP) is 4.40. The lowest BCUT2D eigenvalue weighted by Gasteiger charge is -2.22. The number of benzene rings is 2. The molecule has 3 aromatic rings. The Balaban J connectivity index is 1.42. The van der Waals surface area contributed by atoms with E-state index >= 15 is 0 Å². The molecule has 0 bridgehead atoms. The Morgan fingerprint density at radius 2 is 1.12 bits per heavy atom. The van der Waals surface area contributed by atoms with Gasteiger partial charge in [0.05, 0.1) is 22.7 Å². The summed E-state index contributed by atoms with van der Waals surface area (Å²) in [7, 11) is 4.17. The van der Waals surface area contributed by atoms with Crippen LogP contribution in [0, 0.1) is 0 Å². The molecule has 0 saturated heterocycles. The molecule has 0 radical (unpaired) electrons. The molecule has 25 heavy (non-hydrogen) atoms. The zero-order valence-electron chi connectivity index (χ0n) is 14.2. The third-order valence-electron chi connectivity index (χ3n) is 5.11. The van der Waals surface area contributed by atoms with Gasteiger partial charge in [0, 0.05) is 14.1 Å². The SMILES string of the molecule is CN1c2ccccc2NC1c1ccc(C2Nc3ccccc3N2C)o1. The van der Waals surface area contributed by atoms with Crippen LogP contribution in [-0.2, 0) is 0 Å². The van der Waals surface area contributed by atoms with Crippen LogP contribution in [0.3, 0.4) is 0 Å². The first-order valence-electron chi connectivity index (χ1n) is 8.49. The fourth-order valence-corrected chi connectivity index (χ4v) is 3.76. The van der Waals surface area contributed by atoms with Crippen molar-refractivity contribution in [3.05, 3.63) is 72.2 Å². The van der Waals surface area contributed by atoms with E-state index in [0.29, 0.717) is 0 Å². The summed E-state index contributed by atoms with van der Waals surface area (Å²) in [5, 5.41) is 7.06. The second-order valence-electron chi connectivity index (χ2n) is 6.59. The fraction of sp³-hybridized carbons (Fsp3) is 0.200. The Kier molecular flexibility index (Phi) is 2.98. The molecular formula is C20H20N4O. The van der Waals surface area contributed by atoms with Crippen molar-refractivity contribution in [1.82, 2.24) is 0 Å². The largest absolute Gasteiger partial charge is 0.458 e. The van der Waals surface area contributed by atoms with E-state index in [1.165, 1.54) is 11.4 Å². The normalized spacial score (nSPS) is 20.9. The highest BCUT2D eigenvalue weighted by Crippen LogP contribution is 2.43. The first-order chi connectivity index (χ1) is 12.2. The molecule has 126 valence electrons. The molecule has 0 aliphatic carbocycles. The van der Waals surface area contributed by atoms with E-state index < -0.39 is 0 Å². The number of fused-ring (bicyclic) bond motifs is 2. The van der Waals surface area contributed by atoms with Crippen LogP contribution in [-0.4, -0.2) is 14.1 Å². The van der Waals surface area contributed by atoms with Gasteiger partial charge in [0.15, 0.2) is 12.3 Å². The van der Waals surface area contributed by atoms with Crippen LogP contribution in [0.15, 0.2) is 65.1 Å². The van der Waals surface area contributed by atoms with Crippen molar-refractivity contribution in [3.63, 3.8) is 0 Å². The summed E-state index contributed by atoms with van der Waals surface area (Å²) in [4.78, 5) is 4.41. The molecule has 2 N–H and O–H groups in total. The molecule has 2 aliphatic rings. The van der Waals surface area contributed by atoms with Gasteiger partial charge in [-0.1, -0.05) is 24.3 Å². The summed E-state index contributed by atoms with van der Waals surface area (Å²) in [6, 6.07) is 20.8. The number of nitrogens with one attached hydrogen (secondary N) is 2. The van der Waals surface area contributed by atoms with E-state index in [1.807, 2.05) is 12.1 Å². The van der Waals surface area contributed by atoms with Crippen LogP contribution in [0.25, 0.3) is 0 Å². The van der Waals surface area contributed by atoms with E-state index in [4.69, 9.17) is 4.42 Å². The average molecular weight is 332 g/mol. The number of anilines is 4. The molecule has 5 nitrogen and oxygen atoms in total. The summed E-state index contributed by atoms with van der Waals surface area (Å²) >= 11 is 0. The van der Waals surface area contributed by atoms with E-state index in [2.05, 4.69) is 83.1 Å². The van der Waals surface area contributed by atoms with Gasteiger partial charge in [-0.05, 0) is 36.4 Å². The highest BCUT2D eigenvalue weighted by atomic mass is 16.3. The summed E-state index contributed by atoms with van der Waals surface area (Å²) in [5.74, 6) is 1.83. The Morgan fingerprint density at radius 1 is 0.680 bits per heavy atom. The number of hydrogen-bond donors (Lipinski definition) is 2. The van der Waals surface area contributed by atoms with Crippen molar-refractivity contribution in [2.75, 3.05) is 34.5 Å². The number of hydrogen-bond acceptors (Lipinski definition) is 5. The Labute approximate surface area is 146 Å². The molecule has 5 heteroatoms. The molecule has 2 unspecified atom stereocenters. The third kappa shape index (κ3) is 2.09. The van der Waals surface area contributed by atoms with Gasteiger partial charge in [0.1, 0.15) is 11.5 Å². The highest BCUT2D eigenvalue weighted by Gasteiger charge is 2.32.